The fourth-order valence-corrected chi connectivity index (χ4v) is 2.10. The van der Waals surface area contributed by atoms with Crippen molar-refractivity contribution >= 4 is 23.2 Å². The number of thiazole rings is 1. The van der Waals surface area contributed by atoms with Crippen molar-refractivity contribution in [2.75, 3.05) is 13.1 Å². The molecule has 0 aromatic carbocycles. The molecule has 2 rings (SSSR count). The van der Waals surface area contributed by atoms with Crippen LogP contribution in [0.25, 0.3) is 0 Å². The van der Waals surface area contributed by atoms with Crippen molar-refractivity contribution in [3.05, 3.63) is 16.1 Å². The molecule has 0 aliphatic heterocycles. The molecule has 17 heavy (non-hydrogen) atoms. The van der Waals surface area contributed by atoms with Gasteiger partial charge in [0.1, 0.15) is 4.88 Å². The van der Waals surface area contributed by atoms with Crippen LogP contribution in [0.15, 0.2) is 6.20 Å². The van der Waals surface area contributed by atoms with Gasteiger partial charge in [-0.05, 0) is 19.8 Å². The Labute approximate surface area is 104 Å². The molecule has 1 aromatic heterocycles. The molecule has 1 aromatic rings. The van der Waals surface area contributed by atoms with Crippen molar-refractivity contribution in [1.82, 2.24) is 15.6 Å². The Kier molecular flexibility index (Phi) is 3.73. The van der Waals surface area contributed by atoms with Crippen LogP contribution in [0.1, 0.15) is 27.5 Å². The SMILES string of the molecule is Cc1ncc(C(=O)NCCNC(=O)C2CC2)s1. The summed E-state index contributed by atoms with van der Waals surface area (Å²) >= 11 is 1.36. The zero-order chi connectivity index (χ0) is 12.3. The zero-order valence-electron chi connectivity index (χ0n) is 9.66. The fourth-order valence-electron chi connectivity index (χ4n) is 1.41. The minimum absolute atomic E-state index is 0.105. The third-order valence-electron chi connectivity index (χ3n) is 2.50. The van der Waals surface area contributed by atoms with E-state index in [1.807, 2.05) is 6.92 Å². The second kappa shape index (κ2) is 5.27. The predicted molar refractivity (Wildman–Crippen MR) is 64.9 cm³/mol. The molecule has 0 saturated heterocycles. The molecule has 2 N–H and O–H groups in total. The highest BCUT2D eigenvalue weighted by Gasteiger charge is 2.28. The summed E-state index contributed by atoms with van der Waals surface area (Å²) in [5, 5.41) is 6.41. The Morgan fingerprint density at radius 2 is 2.12 bits per heavy atom. The molecule has 1 aliphatic rings. The largest absolute Gasteiger partial charge is 0.354 e. The molecule has 1 fully saturated rings. The molecule has 5 nitrogen and oxygen atoms in total. The highest BCUT2D eigenvalue weighted by atomic mass is 32.1. The fraction of sp³-hybridized carbons (Fsp3) is 0.545. The normalized spacial score (nSPS) is 14.4. The van der Waals surface area contributed by atoms with Gasteiger partial charge in [0.05, 0.1) is 11.2 Å². The molecule has 1 aliphatic carbocycles. The summed E-state index contributed by atoms with van der Waals surface area (Å²) in [5.74, 6) is 0.194. The van der Waals surface area contributed by atoms with E-state index < -0.39 is 0 Å². The smallest absolute Gasteiger partial charge is 0.263 e. The molecular weight excluding hydrogens is 238 g/mol. The van der Waals surface area contributed by atoms with Crippen LogP contribution in [-0.4, -0.2) is 29.9 Å². The van der Waals surface area contributed by atoms with Crippen molar-refractivity contribution in [3.63, 3.8) is 0 Å². The van der Waals surface area contributed by atoms with Gasteiger partial charge in [-0.15, -0.1) is 11.3 Å². The number of carbonyl (C=O) groups is 2. The minimum atomic E-state index is -0.128. The van der Waals surface area contributed by atoms with Crippen LogP contribution in [0.5, 0.6) is 0 Å². The second-order valence-electron chi connectivity index (χ2n) is 4.06. The molecular formula is C11H15N3O2S. The van der Waals surface area contributed by atoms with Crippen LogP contribution in [0, 0.1) is 12.8 Å². The molecule has 0 bridgehead atoms. The van der Waals surface area contributed by atoms with E-state index in [1.165, 1.54) is 11.3 Å². The van der Waals surface area contributed by atoms with Crippen LogP contribution >= 0.6 is 11.3 Å². The molecule has 92 valence electrons. The van der Waals surface area contributed by atoms with Crippen LogP contribution in [0.2, 0.25) is 0 Å². The molecule has 0 atom stereocenters. The van der Waals surface area contributed by atoms with Gasteiger partial charge in [-0.25, -0.2) is 4.98 Å². The Hall–Kier alpha value is -1.43. The van der Waals surface area contributed by atoms with Gasteiger partial charge in [0, 0.05) is 19.0 Å². The first kappa shape index (κ1) is 12.0. The Morgan fingerprint density at radius 1 is 1.41 bits per heavy atom. The predicted octanol–water partition coefficient (Wildman–Crippen LogP) is 0.708. The van der Waals surface area contributed by atoms with Crippen molar-refractivity contribution in [3.8, 4) is 0 Å². The molecule has 0 unspecified atom stereocenters. The number of aromatic nitrogens is 1. The summed E-state index contributed by atoms with van der Waals surface area (Å²) in [7, 11) is 0. The number of nitrogens with zero attached hydrogens (tertiary/aromatic N) is 1. The summed E-state index contributed by atoms with van der Waals surface area (Å²) in [5.41, 5.74) is 0. The van der Waals surface area contributed by atoms with E-state index in [9.17, 15) is 9.59 Å². The van der Waals surface area contributed by atoms with Gasteiger partial charge in [-0.2, -0.15) is 0 Å². The lowest BCUT2D eigenvalue weighted by atomic mass is 10.4. The van der Waals surface area contributed by atoms with Gasteiger partial charge >= 0.3 is 0 Å². The third kappa shape index (κ3) is 3.52. The molecule has 6 heteroatoms. The lowest BCUT2D eigenvalue weighted by Crippen LogP contribution is -2.35. The van der Waals surface area contributed by atoms with Crippen molar-refractivity contribution < 1.29 is 9.59 Å². The van der Waals surface area contributed by atoms with Gasteiger partial charge in [0.2, 0.25) is 5.91 Å². The van der Waals surface area contributed by atoms with E-state index in [1.54, 1.807) is 6.20 Å². The quantitative estimate of drug-likeness (QED) is 0.759. The first-order valence-corrected chi connectivity index (χ1v) is 6.47. The van der Waals surface area contributed by atoms with Gasteiger partial charge in [-0.3, -0.25) is 9.59 Å². The van der Waals surface area contributed by atoms with Gasteiger partial charge in [-0.1, -0.05) is 0 Å². The average molecular weight is 253 g/mol. The van der Waals surface area contributed by atoms with E-state index in [2.05, 4.69) is 15.6 Å². The number of hydrogen-bond acceptors (Lipinski definition) is 4. The average Bonchev–Trinajstić information content (AvgIpc) is 3.07. The molecule has 0 spiro atoms. The number of rotatable bonds is 5. The van der Waals surface area contributed by atoms with E-state index >= 15 is 0 Å². The minimum Gasteiger partial charge on any atom is -0.354 e. The Balaban J connectivity index is 1.64. The van der Waals surface area contributed by atoms with Crippen LogP contribution in [-0.2, 0) is 4.79 Å². The number of hydrogen-bond donors (Lipinski definition) is 2. The number of aryl methyl sites for hydroxylation is 1. The summed E-state index contributed by atoms with van der Waals surface area (Å²) in [6.45, 7) is 2.80. The first-order valence-electron chi connectivity index (χ1n) is 5.65. The van der Waals surface area contributed by atoms with E-state index in [0.29, 0.717) is 18.0 Å². The topological polar surface area (TPSA) is 71.1 Å². The van der Waals surface area contributed by atoms with Crippen LogP contribution < -0.4 is 10.6 Å². The monoisotopic (exact) mass is 253 g/mol. The first-order chi connectivity index (χ1) is 8.16. The number of amides is 2. The third-order valence-corrected chi connectivity index (χ3v) is 3.41. The van der Waals surface area contributed by atoms with E-state index in [0.717, 1.165) is 17.8 Å². The maximum atomic E-state index is 11.6. The highest BCUT2D eigenvalue weighted by molar-refractivity contribution is 7.13. The number of carbonyl (C=O) groups excluding carboxylic acids is 2. The maximum absolute atomic E-state index is 11.6. The van der Waals surface area contributed by atoms with Crippen LogP contribution in [0.3, 0.4) is 0 Å². The molecule has 1 saturated carbocycles. The Morgan fingerprint density at radius 3 is 2.71 bits per heavy atom. The molecule has 1 heterocycles. The molecule has 0 radical (unpaired) electrons. The van der Waals surface area contributed by atoms with Gasteiger partial charge in [0.15, 0.2) is 0 Å². The van der Waals surface area contributed by atoms with Crippen molar-refractivity contribution in [2.45, 2.75) is 19.8 Å². The zero-order valence-corrected chi connectivity index (χ0v) is 10.5. The van der Waals surface area contributed by atoms with Crippen molar-refractivity contribution in [1.29, 1.82) is 0 Å². The summed E-state index contributed by atoms with van der Waals surface area (Å²) in [6.07, 6.45) is 3.56. The lowest BCUT2D eigenvalue weighted by molar-refractivity contribution is -0.122. The van der Waals surface area contributed by atoms with Gasteiger partial charge in [0.25, 0.3) is 5.91 Å². The summed E-state index contributed by atoms with van der Waals surface area (Å²) in [4.78, 5) is 27.5. The molecule has 2 amide bonds. The lowest BCUT2D eigenvalue weighted by Gasteiger charge is -2.05. The summed E-state index contributed by atoms with van der Waals surface area (Å²) in [6, 6.07) is 0. The van der Waals surface area contributed by atoms with E-state index in [-0.39, 0.29) is 17.7 Å². The number of nitrogens with one attached hydrogen (secondary N) is 2. The maximum Gasteiger partial charge on any atom is 0.263 e. The van der Waals surface area contributed by atoms with E-state index in [4.69, 9.17) is 0 Å². The Bertz CT molecular complexity index is 426. The summed E-state index contributed by atoms with van der Waals surface area (Å²) < 4.78 is 0. The highest BCUT2D eigenvalue weighted by Crippen LogP contribution is 2.28. The van der Waals surface area contributed by atoms with Gasteiger partial charge < -0.3 is 10.6 Å². The van der Waals surface area contributed by atoms with Crippen LogP contribution in [0.4, 0.5) is 0 Å². The van der Waals surface area contributed by atoms with Crippen molar-refractivity contribution in [2.24, 2.45) is 5.92 Å². The second-order valence-corrected chi connectivity index (χ2v) is 5.30. The standard InChI is InChI=1S/C11H15N3O2S/c1-7-14-6-9(17-7)11(16)13-5-4-12-10(15)8-2-3-8/h6,8H,2-5H2,1H3,(H,12,15)(H,13,16).